The van der Waals surface area contributed by atoms with Crippen molar-refractivity contribution >= 4 is 21.7 Å². The minimum atomic E-state index is -0.380. The Morgan fingerprint density at radius 2 is 2.25 bits per heavy atom. The number of anilines is 1. The molecule has 1 aromatic heterocycles. The Balaban J connectivity index is 2.61. The monoisotopic (exact) mass is 290 g/mol. The van der Waals surface area contributed by atoms with E-state index < -0.39 is 0 Å². The molecule has 1 heterocycles. The van der Waals surface area contributed by atoms with Gasteiger partial charge in [-0.05, 0) is 33.8 Å². The molecule has 0 unspecified atom stereocenters. The molecule has 0 spiro atoms. The number of aliphatic hydroxyl groups excluding tert-OH is 1. The summed E-state index contributed by atoms with van der Waals surface area (Å²) < 4.78 is 14.0. The van der Waals surface area contributed by atoms with Crippen molar-refractivity contribution < 1.29 is 9.50 Å². The summed E-state index contributed by atoms with van der Waals surface area (Å²) in [4.78, 5) is 3.95. The number of pyridine rings is 1. The fourth-order valence-corrected chi connectivity index (χ4v) is 1.56. The fraction of sp³-hybridized carbons (Fsp3) is 0.545. The highest BCUT2D eigenvalue weighted by Crippen LogP contribution is 2.22. The Morgan fingerprint density at radius 1 is 1.56 bits per heavy atom. The van der Waals surface area contributed by atoms with Crippen LogP contribution in [-0.4, -0.2) is 23.2 Å². The standard InChI is InChI=1S/C11H16BrFN2O/c1-11(2,3-4-16)7-15-10-9(13)5-8(12)6-14-10/h5-6,16H,3-4,7H2,1-2H3,(H,14,15). The summed E-state index contributed by atoms with van der Waals surface area (Å²) in [6.45, 7) is 4.71. The van der Waals surface area contributed by atoms with Crippen molar-refractivity contribution in [1.29, 1.82) is 0 Å². The summed E-state index contributed by atoms with van der Waals surface area (Å²) in [5, 5.41) is 11.8. The summed E-state index contributed by atoms with van der Waals surface area (Å²) in [5.41, 5.74) is -0.0874. The molecule has 0 atom stereocenters. The van der Waals surface area contributed by atoms with E-state index in [1.54, 1.807) is 6.20 Å². The minimum absolute atomic E-state index is 0.0874. The lowest BCUT2D eigenvalue weighted by Crippen LogP contribution is -2.25. The fourth-order valence-electron chi connectivity index (χ4n) is 1.26. The second-order valence-electron chi connectivity index (χ2n) is 4.48. The molecule has 1 rings (SSSR count). The Bertz CT molecular complexity index is 358. The average molecular weight is 291 g/mol. The van der Waals surface area contributed by atoms with Crippen LogP contribution in [0.15, 0.2) is 16.7 Å². The topological polar surface area (TPSA) is 45.1 Å². The van der Waals surface area contributed by atoms with E-state index in [2.05, 4.69) is 26.2 Å². The normalized spacial score (nSPS) is 11.6. The predicted molar refractivity (Wildman–Crippen MR) is 65.9 cm³/mol. The number of aliphatic hydroxyl groups is 1. The lowest BCUT2D eigenvalue weighted by Gasteiger charge is -2.24. The van der Waals surface area contributed by atoms with Crippen molar-refractivity contribution in [3.63, 3.8) is 0 Å². The van der Waals surface area contributed by atoms with Gasteiger partial charge in [0.25, 0.3) is 0 Å². The van der Waals surface area contributed by atoms with Crippen molar-refractivity contribution in [3.05, 3.63) is 22.6 Å². The highest BCUT2D eigenvalue weighted by molar-refractivity contribution is 9.10. The number of halogens is 2. The van der Waals surface area contributed by atoms with Gasteiger partial charge in [-0.1, -0.05) is 13.8 Å². The molecular weight excluding hydrogens is 275 g/mol. The highest BCUT2D eigenvalue weighted by Gasteiger charge is 2.17. The van der Waals surface area contributed by atoms with E-state index in [-0.39, 0.29) is 23.7 Å². The van der Waals surface area contributed by atoms with Crippen LogP contribution in [-0.2, 0) is 0 Å². The second kappa shape index (κ2) is 5.59. The summed E-state index contributed by atoms with van der Waals surface area (Å²) in [6.07, 6.45) is 2.21. The molecule has 16 heavy (non-hydrogen) atoms. The third kappa shape index (κ3) is 4.06. The predicted octanol–water partition coefficient (Wildman–Crippen LogP) is 2.80. The van der Waals surface area contributed by atoms with Crippen molar-refractivity contribution in [2.24, 2.45) is 5.41 Å². The number of nitrogens with one attached hydrogen (secondary N) is 1. The van der Waals surface area contributed by atoms with Gasteiger partial charge in [0.15, 0.2) is 11.6 Å². The minimum Gasteiger partial charge on any atom is -0.396 e. The van der Waals surface area contributed by atoms with E-state index in [1.165, 1.54) is 6.07 Å². The lowest BCUT2D eigenvalue weighted by atomic mass is 9.90. The summed E-state index contributed by atoms with van der Waals surface area (Å²) in [7, 11) is 0. The molecule has 0 amide bonds. The zero-order chi connectivity index (χ0) is 12.2. The first kappa shape index (κ1) is 13.4. The van der Waals surface area contributed by atoms with Gasteiger partial charge in [0, 0.05) is 23.8 Å². The van der Waals surface area contributed by atoms with Crippen LogP contribution >= 0.6 is 15.9 Å². The molecule has 0 saturated heterocycles. The molecule has 1 aromatic rings. The number of hydrogen-bond donors (Lipinski definition) is 2. The van der Waals surface area contributed by atoms with Gasteiger partial charge in [0.2, 0.25) is 0 Å². The highest BCUT2D eigenvalue weighted by atomic mass is 79.9. The summed E-state index contributed by atoms with van der Waals surface area (Å²) in [5.74, 6) is -0.136. The van der Waals surface area contributed by atoms with Crippen molar-refractivity contribution in [2.45, 2.75) is 20.3 Å². The van der Waals surface area contributed by atoms with E-state index in [0.717, 1.165) is 0 Å². The Kier molecular flexibility index (Phi) is 4.68. The SMILES string of the molecule is CC(C)(CCO)CNc1ncc(Br)cc1F. The van der Waals surface area contributed by atoms with Crippen molar-refractivity contribution in [2.75, 3.05) is 18.5 Å². The maximum absolute atomic E-state index is 13.4. The first-order valence-electron chi connectivity index (χ1n) is 5.10. The molecule has 0 bridgehead atoms. The molecular formula is C11H16BrFN2O. The lowest BCUT2D eigenvalue weighted by molar-refractivity contribution is 0.220. The molecule has 2 N–H and O–H groups in total. The average Bonchev–Trinajstić information content (AvgIpc) is 2.16. The molecule has 5 heteroatoms. The van der Waals surface area contributed by atoms with Crippen LogP contribution in [0, 0.1) is 11.2 Å². The Hall–Kier alpha value is -0.680. The molecule has 0 aromatic carbocycles. The second-order valence-corrected chi connectivity index (χ2v) is 5.39. The number of aromatic nitrogens is 1. The van der Waals surface area contributed by atoms with Crippen LogP contribution in [0.1, 0.15) is 20.3 Å². The van der Waals surface area contributed by atoms with E-state index >= 15 is 0 Å². The first-order valence-corrected chi connectivity index (χ1v) is 5.90. The summed E-state index contributed by atoms with van der Waals surface area (Å²) >= 11 is 3.15. The van der Waals surface area contributed by atoms with Gasteiger partial charge >= 0.3 is 0 Å². The van der Waals surface area contributed by atoms with E-state index in [0.29, 0.717) is 17.4 Å². The molecule has 0 aliphatic rings. The molecule has 0 aliphatic carbocycles. The quantitative estimate of drug-likeness (QED) is 0.877. The van der Waals surface area contributed by atoms with E-state index in [9.17, 15) is 4.39 Å². The number of nitrogens with zero attached hydrogens (tertiary/aromatic N) is 1. The van der Waals surface area contributed by atoms with Gasteiger partial charge in [0.05, 0.1) is 0 Å². The number of hydrogen-bond acceptors (Lipinski definition) is 3. The maximum atomic E-state index is 13.4. The van der Waals surface area contributed by atoms with E-state index in [4.69, 9.17) is 5.11 Å². The summed E-state index contributed by atoms with van der Waals surface area (Å²) in [6, 6.07) is 1.37. The zero-order valence-corrected chi connectivity index (χ0v) is 11.0. The molecule has 0 fully saturated rings. The third-order valence-electron chi connectivity index (χ3n) is 2.33. The van der Waals surface area contributed by atoms with Gasteiger partial charge < -0.3 is 10.4 Å². The smallest absolute Gasteiger partial charge is 0.166 e. The van der Waals surface area contributed by atoms with Gasteiger partial charge in [-0.25, -0.2) is 9.37 Å². The maximum Gasteiger partial charge on any atom is 0.166 e. The molecule has 0 radical (unpaired) electrons. The van der Waals surface area contributed by atoms with Crippen LogP contribution in [0.25, 0.3) is 0 Å². The van der Waals surface area contributed by atoms with Crippen molar-refractivity contribution in [3.8, 4) is 0 Å². The van der Waals surface area contributed by atoms with Gasteiger partial charge in [0.1, 0.15) is 0 Å². The molecule has 0 saturated carbocycles. The van der Waals surface area contributed by atoms with Crippen LogP contribution in [0.4, 0.5) is 10.2 Å². The van der Waals surface area contributed by atoms with Gasteiger partial charge in [-0.3, -0.25) is 0 Å². The van der Waals surface area contributed by atoms with Gasteiger partial charge in [-0.15, -0.1) is 0 Å². The van der Waals surface area contributed by atoms with Crippen molar-refractivity contribution in [1.82, 2.24) is 4.98 Å². The molecule has 0 aliphatic heterocycles. The zero-order valence-electron chi connectivity index (χ0n) is 9.43. The Morgan fingerprint density at radius 3 is 2.81 bits per heavy atom. The van der Waals surface area contributed by atoms with E-state index in [1.807, 2.05) is 13.8 Å². The van der Waals surface area contributed by atoms with Crippen LogP contribution in [0.2, 0.25) is 0 Å². The Labute approximate surface area is 103 Å². The van der Waals surface area contributed by atoms with Crippen LogP contribution in [0.5, 0.6) is 0 Å². The largest absolute Gasteiger partial charge is 0.396 e. The first-order chi connectivity index (χ1) is 7.44. The van der Waals surface area contributed by atoms with Gasteiger partial charge in [-0.2, -0.15) is 0 Å². The third-order valence-corrected chi connectivity index (χ3v) is 2.76. The molecule has 90 valence electrons. The molecule has 3 nitrogen and oxygen atoms in total. The number of rotatable bonds is 5. The van der Waals surface area contributed by atoms with Crippen LogP contribution in [0.3, 0.4) is 0 Å². The van der Waals surface area contributed by atoms with Crippen LogP contribution < -0.4 is 5.32 Å².